The van der Waals surface area contributed by atoms with Crippen LogP contribution >= 0.6 is 11.8 Å². The summed E-state index contributed by atoms with van der Waals surface area (Å²) in [4.78, 5) is 22.0. The van der Waals surface area contributed by atoms with Crippen molar-refractivity contribution in [1.82, 2.24) is 29.4 Å². The predicted molar refractivity (Wildman–Crippen MR) is 118 cm³/mol. The highest BCUT2D eigenvalue weighted by molar-refractivity contribution is 8.00. The Bertz CT molecular complexity index is 1160. The molecule has 0 saturated carbocycles. The Morgan fingerprint density at radius 2 is 1.80 bits per heavy atom. The van der Waals surface area contributed by atoms with Crippen LogP contribution in [0.25, 0.3) is 16.8 Å². The van der Waals surface area contributed by atoms with E-state index in [1.54, 1.807) is 0 Å². The second kappa shape index (κ2) is 8.12. The van der Waals surface area contributed by atoms with E-state index < -0.39 is 0 Å². The van der Waals surface area contributed by atoms with Crippen molar-refractivity contribution in [2.75, 3.05) is 26.2 Å². The van der Waals surface area contributed by atoms with Crippen LogP contribution in [0.3, 0.4) is 0 Å². The number of carbonyl (C=O) groups is 1. The zero-order valence-corrected chi connectivity index (χ0v) is 17.7. The highest BCUT2D eigenvalue weighted by Gasteiger charge is 2.27. The van der Waals surface area contributed by atoms with Crippen molar-refractivity contribution >= 4 is 34.5 Å². The number of aromatic nitrogens is 4. The van der Waals surface area contributed by atoms with E-state index in [1.165, 1.54) is 17.3 Å². The number of piperazine rings is 1. The fraction of sp³-hybridized carbons (Fsp3) is 0.318. The van der Waals surface area contributed by atoms with Crippen molar-refractivity contribution in [3.63, 3.8) is 0 Å². The van der Waals surface area contributed by atoms with Gasteiger partial charge in [0.25, 0.3) is 0 Å². The van der Waals surface area contributed by atoms with Gasteiger partial charge in [-0.05, 0) is 24.6 Å². The molecule has 2 aromatic heterocycles. The number of imidazole rings is 1. The molecule has 0 bridgehead atoms. The maximum absolute atomic E-state index is 13.1. The maximum atomic E-state index is 13.1. The Morgan fingerprint density at radius 1 is 1.07 bits per heavy atom. The summed E-state index contributed by atoms with van der Waals surface area (Å²) in [6, 6.07) is 18.5. The van der Waals surface area contributed by atoms with Crippen LogP contribution in [0.5, 0.6) is 0 Å². The molecule has 8 heteroatoms. The number of rotatable bonds is 5. The number of hydrogen-bond donors (Lipinski definition) is 1. The summed E-state index contributed by atoms with van der Waals surface area (Å²) >= 11 is 1.48. The van der Waals surface area contributed by atoms with Crippen molar-refractivity contribution in [1.29, 1.82) is 0 Å². The van der Waals surface area contributed by atoms with Gasteiger partial charge in [0.2, 0.25) is 11.7 Å². The number of thioether (sulfide) groups is 1. The normalized spacial score (nSPS) is 16.4. The van der Waals surface area contributed by atoms with Gasteiger partial charge >= 0.3 is 0 Å². The first kappa shape index (κ1) is 19.1. The minimum absolute atomic E-state index is 0.167. The quantitative estimate of drug-likeness (QED) is 0.503. The summed E-state index contributed by atoms with van der Waals surface area (Å²) in [7, 11) is 0. The molecule has 1 saturated heterocycles. The lowest BCUT2D eigenvalue weighted by Crippen LogP contribution is -2.50. The minimum atomic E-state index is -0.210. The van der Waals surface area contributed by atoms with Crippen LogP contribution < -0.4 is 0 Å². The zero-order chi connectivity index (χ0) is 20.5. The summed E-state index contributed by atoms with van der Waals surface area (Å²) < 4.78 is 1.99. The lowest BCUT2D eigenvalue weighted by atomic mass is 10.2. The van der Waals surface area contributed by atoms with Crippen LogP contribution in [0.15, 0.2) is 59.8 Å². The summed E-state index contributed by atoms with van der Waals surface area (Å²) in [5, 5.41) is 7.93. The van der Waals surface area contributed by atoms with E-state index in [4.69, 9.17) is 0 Å². The number of amides is 1. The van der Waals surface area contributed by atoms with E-state index in [-0.39, 0.29) is 11.2 Å². The first-order valence-electron chi connectivity index (χ1n) is 10.2. The lowest BCUT2D eigenvalue weighted by Gasteiger charge is -2.35. The van der Waals surface area contributed by atoms with E-state index in [1.807, 2.05) is 46.6 Å². The summed E-state index contributed by atoms with van der Waals surface area (Å²) in [6.07, 6.45) is 0. The first-order valence-corrected chi connectivity index (χ1v) is 11.1. The molecule has 1 N–H and O–H groups in total. The van der Waals surface area contributed by atoms with Crippen molar-refractivity contribution in [2.24, 2.45) is 0 Å². The van der Waals surface area contributed by atoms with Crippen LogP contribution in [0.1, 0.15) is 12.5 Å². The van der Waals surface area contributed by atoms with Crippen LogP contribution in [0, 0.1) is 0 Å². The first-order chi connectivity index (χ1) is 14.7. The standard InChI is InChI=1S/C22H24N6OS/c1-16(30-22-25-24-21-23-18-9-5-6-10-19(18)28(21)22)20(29)27-13-11-26(12-14-27)15-17-7-3-2-4-8-17/h2-10,16H,11-15H2,1H3,(H,23,24). The highest BCUT2D eigenvalue weighted by atomic mass is 32.2. The summed E-state index contributed by atoms with van der Waals surface area (Å²) in [5.74, 6) is 0.868. The van der Waals surface area contributed by atoms with E-state index in [0.717, 1.165) is 48.9 Å². The van der Waals surface area contributed by atoms with Gasteiger partial charge in [-0.3, -0.25) is 14.1 Å². The van der Waals surface area contributed by atoms with Crippen LogP contribution in [-0.2, 0) is 11.3 Å². The fourth-order valence-corrected chi connectivity index (χ4v) is 4.91. The zero-order valence-electron chi connectivity index (χ0n) is 16.9. The number of nitrogens with one attached hydrogen (secondary N) is 1. The molecule has 2 aromatic carbocycles. The van der Waals surface area contributed by atoms with E-state index in [2.05, 4.69) is 44.3 Å². The van der Waals surface area contributed by atoms with Crippen molar-refractivity contribution in [3.05, 3.63) is 60.2 Å². The molecule has 1 atom stereocenters. The monoisotopic (exact) mass is 420 g/mol. The Labute approximate surface area is 179 Å². The topological polar surface area (TPSA) is 69.5 Å². The van der Waals surface area contributed by atoms with Crippen LogP contribution in [-0.4, -0.2) is 66.7 Å². The van der Waals surface area contributed by atoms with Gasteiger partial charge in [-0.1, -0.05) is 54.2 Å². The molecular weight excluding hydrogens is 396 g/mol. The Balaban J connectivity index is 1.22. The SMILES string of the molecule is CC(Sc1n[nH]c2nc3ccccc3n12)C(=O)N1CCN(Cc2ccccc2)CC1. The average Bonchev–Trinajstić information content (AvgIpc) is 3.34. The van der Waals surface area contributed by atoms with Crippen molar-refractivity contribution in [2.45, 2.75) is 23.9 Å². The molecule has 1 aliphatic heterocycles. The van der Waals surface area contributed by atoms with E-state index in [0.29, 0.717) is 5.78 Å². The molecule has 0 aliphatic carbocycles. The van der Waals surface area contributed by atoms with Gasteiger partial charge in [-0.2, -0.15) is 0 Å². The van der Waals surface area contributed by atoms with Crippen LogP contribution in [0.2, 0.25) is 0 Å². The number of nitrogens with zero attached hydrogens (tertiary/aromatic N) is 5. The number of H-pyrrole nitrogens is 1. The second-order valence-corrected chi connectivity index (χ2v) is 8.92. The summed E-state index contributed by atoms with van der Waals surface area (Å²) in [5.41, 5.74) is 3.23. The van der Waals surface area contributed by atoms with Gasteiger partial charge in [-0.15, -0.1) is 5.10 Å². The molecule has 1 unspecified atom stereocenters. The lowest BCUT2D eigenvalue weighted by molar-refractivity contribution is -0.132. The molecule has 30 heavy (non-hydrogen) atoms. The van der Waals surface area contributed by atoms with Crippen molar-refractivity contribution < 1.29 is 4.79 Å². The molecular formula is C22H24N6OS. The van der Waals surface area contributed by atoms with Gasteiger partial charge in [-0.25, -0.2) is 10.1 Å². The molecule has 0 spiro atoms. The van der Waals surface area contributed by atoms with Gasteiger partial charge in [0, 0.05) is 32.7 Å². The number of para-hydroxylation sites is 2. The van der Waals surface area contributed by atoms with Gasteiger partial charge in [0.05, 0.1) is 16.3 Å². The molecule has 5 rings (SSSR count). The molecule has 1 aliphatic rings. The third-order valence-electron chi connectivity index (χ3n) is 5.57. The third-order valence-corrected chi connectivity index (χ3v) is 6.61. The average molecular weight is 421 g/mol. The van der Waals surface area contributed by atoms with Crippen LogP contribution in [0.4, 0.5) is 0 Å². The van der Waals surface area contributed by atoms with Gasteiger partial charge in [0.15, 0.2) is 5.16 Å². The van der Waals surface area contributed by atoms with Crippen molar-refractivity contribution in [3.8, 4) is 0 Å². The number of carbonyl (C=O) groups excluding carboxylic acids is 1. The number of fused-ring (bicyclic) bond motifs is 3. The molecule has 4 aromatic rings. The molecule has 3 heterocycles. The predicted octanol–water partition coefficient (Wildman–Crippen LogP) is 3.04. The van der Waals surface area contributed by atoms with E-state index >= 15 is 0 Å². The largest absolute Gasteiger partial charge is 0.339 e. The third kappa shape index (κ3) is 3.68. The van der Waals surface area contributed by atoms with Gasteiger partial charge < -0.3 is 4.90 Å². The minimum Gasteiger partial charge on any atom is -0.339 e. The smallest absolute Gasteiger partial charge is 0.235 e. The number of aromatic amines is 1. The molecule has 7 nitrogen and oxygen atoms in total. The second-order valence-electron chi connectivity index (χ2n) is 7.61. The fourth-order valence-electron chi connectivity index (χ4n) is 3.96. The number of benzene rings is 2. The number of hydrogen-bond acceptors (Lipinski definition) is 5. The molecule has 0 radical (unpaired) electrons. The van der Waals surface area contributed by atoms with E-state index in [9.17, 15) is 4.79 Å². The molecule has 1 amide bonds. The highest BCUT2D eigenvalue weighted by Crippen LogP contribution is 2.27. The molecule has 154 valence electrons. The Morgan fingerprint density at radius 3 is 2.60 bits per heavy atom. The Hall–Kier alpha value is -2.84. The maximum Gasteiger partial charge on any atom is 0.235 e. The van der Waals surface area contributed by atoms with Gasteiger partial charge in [0.1, 0.15) is 0 Å². The molecule has 1 fully saturated rings. The summed E-state index contributed by atoms with van der Waals surface area (Å²) in [6.45, 7) is 6.23. The Kier molecular flexibility index (Phi) is 5.18.